The van der Waals surface area contributed by atoms with Crippen molar-refractivity contribution in [3.63, 3.8) is 0 Å². The Hall–Kier alpha value is -4.45. The first kappa shape index (κ1) is 20.5. The van der Waals surface area contributed by atoms with E-state index in [0.717, 1.165) is 27.6 Å². The van der Waals surface area contributed by atoms with Gasteiger partial charge in [0.05, 0.1) is 11.4 Å². The third kappa shape index (κ3) is 4.45. The van der Waals surface area contributed by atoms with Gasteiger partial charge in [-0.25, -0.2) is 9.59 Å². The lowest BCUT2D eigenvalue weighted by atomic mass is 10.1. The molecule has 162 valence electrons. The molecule has 5 rings (SSSR count). The Bertz CT molecular complexity index is 1550. The average Bonchev–Trinajstić information content (AvgIpc) is 2.83. The Morgan fingerprint density at radius 3 is 2.45 bits per heavy atom. The number of aryl methyl sites for hydroxylation is 1. The van der Waals surface area contributed by atoms with Crippen LogP contribution < -0.4 is 16.1 Å². The first-order chi connectivity index (χ1) is 16.0. The number of aromatic nitrogens is 2. The molecule has 0 saturated carbocycles. The van der Waals surface area contributed by atoms with Crippen molar-refractivity contribution in [3.05, 3.63) is 117 Å². The van der Waals surface area contributed by atoms with E-state index in [9.17, 15) is 9.59 Å². The van der Waals surface area contributed by atoms with Crippen LogP contribution in [0.5, 0.6) is 5.75 Å². The summed E-state index contributed by atoms with van der Waals surface area (Å²) in [7, 11) is 0. The number of nitrogens with zero attached hydrogens (tertiary/aromatic N) is 1. The Balaban J connectivity index is 1.39. The van der Waals surface area contributed by atoms with E-state index in [1.165, 1.54) is 6.07 Å². The molecule has 0 unspecified atom stereocenters. The maximum atomic E-state index is 12.1. The summed E-state index contributed by atoms with van der Waals surface area (Å²) in [4.78, 5) is 30.9. The summed E-state index contributed by atoms with van der Waals surface area (Å²) in [5.74, 6) is 0.646. The first-order valence-corrected chi connectivity index (χ1v) is 10.5. The minimum Gasteiger partial charge on any atom is -0.489 e. The molecule has 6 nitrogen and oxygen atoms in total. The minimum absolute atomic E-state index is 0.231. The Morgan fingerprint density at radius 1 is 0.879 bits per heavy atom. The molecule has 0 saturated heterocycles. The predicted octanol–water partition coefficient (Wildman–Crippen LogP) is 5.10. The van der Waals surface area contributed by atoms with Gasteiger partial charge in [0.1, 0.15) is 17.9 Å². The number of ether oxygens (including phenoxy) is 1. The van der Waals surface area contributed by atoms with E-state index < -0.39 is 11.3 Å². The molecule has 2 heterocycles. The van der Waals surface area contributed by atoms with Gasteiger partial charge in [0.2, 0.25) is 0 Å². The van der Waals surface area contributed by atoms with Crippen molar-refractivity contribution in [1.82, 2.24) is 9.97 Å². The lowest BCUT2D eigenvalue weighted by Crippen LogP contribution is -2.11. The molecule has 0 bridgehead atoms. The molecule has 0 amide bonds. The number of hydrogen-bond acceptors (Lipinski definition) is 5. The maximum absolute atomic E-state index is 12.1. The van der Waals surface area contributed by atoms with E-state index in [1.54, 1.807) is 6.07 Å². The predicted molar refractivity (Wildman–Crippen MR) is 127 cm³/mol. The smallest absolute Gasteiger partial charge is 0.345 e. The molecular formula is C27H20N2O4. The van der Waals surface area contributed by atoms with Crippen LogP contribution in [0.15, 0.2) is 98.9 Å². The highest BCUT2D eigenvalue weighted by Crippen LogP contribution is 2.25. The number of hydrogen-bond donors (Lipinski definition) is 1. The topological polar surface area (TPSA) is 85.2 Å². The van der Waals surface area contributed by atoms with Gasteiger partial charge in [-0.3, -0.25) is 0 Å². The van der Waals surface area contributed by atoms with Gasteiger partial charge < -0.3 is 14.1 Å². The second kappa shape index (κ2) is 8.59. The van der Waals surface area contributed by atoms with E-state index >= 15 is 0 Å². The molecule has 0 atom stereocenters. The maximum Gasteiger partial charge on any atom is 0.345 e. The standard InChI is InChI=1S/C27H20N2O4/c1-17-7-12-25-22(13-17)20(14-26(30)33-25)16-32-21-10-8-19(9-11-21)24-15-23(28-27(31)29-24)18-5-3-2-4-6-18/h2-15H,16H2,1H3,(H,28,29,31). The fourth-order valence-corrected chi connectivity index (χ4v) is 3.72. The van der Waals surface area contributed by atoms with Crippen LogP contribution in [0.2, 0.25) is 0 Å². The molecule has 33 heavy (non-hydrogen) atoms. The Labute approximate surface area is 189 Å². The van der Waals surface area contributed by atoms with Crippen molar-refractivity contribution in [1.29, 1.82) is 0 Å². The molecule has 0 radical (unpaired) electrons. The van der Waals surface area contributed by atoms with Crippen molar-refractivity contribution in [2.75, 3.05) is 0 Å². The normalized spacial score (nSPS) is 10.9. The van der Waals surface area contributed by atoms with Gasteiger partial charge in [-0.05, 0) is 55.0 Å². The largest absolute Gasteiger partial charge is 0.489 e. The zero-order chi connectivity index (χ0) is 22.8. The van der Waals surface area contributed by atoms with E-state index in [-0.39, 0.29) is 6.61 Å². The molecular weight excluding hydrogens is 416 g/mol. The molecule has 1 N–H and O–H groups in total. The van der Waals surface area contributed by atoms with E-state index in [4.69, 9.17) is 9.15 Å². The fourth-order valence-electron chi connectivity index (χ4n) is 3.72. The summed E-state index contributed by atoms with van der Waals surface area (Å²) >= 11 is 0. The van der Waals surface area contributed by atoms with Gasteiger partial charge >= 0.3 is 11.3 Å². The number of aromatic amines is 1. The molecule has 3 aromatic carbocycles. The van der Waals surface area contributed by atoms with Gasteiger partial charge in [0.15, 0.2) is 0 Å². The molecule has 0 aliphatic rings. The second-order valence-electron chi connectivity index (χ2n) is 7.75. The van der Waals surface area contributed by atoms with Gasteiger partial charge in [-0.1, -0.05) is 42.0 Å². The third-order valence-corrected chi connectivity index (χ3v) is 5.36. The fraction of sp³-hybridized carbons (Fsp3) is 0.0741. The van der Waals surface area contributed by atoms with Crippen molar-refractivity contribution in [2.24, 2.45) is 0 Å². The Morgan fingerprint density at radius 2 is 1.67 bits per heavy atom. The van der Waals surface area contributed by atoms with Crippen LogP contribution in [0.3, 0.4) is 0 Å². The molecule has 0 spiro atoms. The lowest BCUT2D eigenvalue weighted by Gasteiger charge is -2.10. The second-order valence-corrected chi connectivity index (χ2v) is 7.75. The van der Waals surface area contributed by atoms with E-state index in [1.807, 2.05) is 79.7 Å². The van der Waals surface area contributed by atoms with Gasteiger partial charge in [0, 0.05) is 22.6 Å². The van der Waals surface area contributed by atoms with Crippen LogP contribution in [0.25, 0.3) is 33.5 Å². The highest BCUT2D eigenvalue weighted by atomic mass is 16.5. The van der Waals surface area contributed by atoms with Crippen LogP contribution >= 0.6 is 0 Å². The quantitative estimate of drug-likeness (QED) is 0.388. The van der Waals surface area contributed by atoms with Crippen molar-refractivity contribution < 1.29 is 9.15 Å². The summed E-state index contributed by atoms with van der Waals surface area (Å²) in [6.07, 6.45) is 0. The monoisotopic (exact) mass is 436 g/mol. The van der Waals surface area contributed by atoms with Crippen LogP contribution in [0, 0.1) is 6.92 Å². The summed E-state index contributed by atoms with van der Waals surface area (Å²) in [6.45, 7) is 2.22. The van der Waals surface area contributed by atoms with Crippen molar-refractivity contribution >= 4 is 11.0 Å². The zero-order valence-electron chi connectivity index (χ0n) is 17.9. The molecule has 5 aromatic rings. The first-order valence-electron chi connectivity index (χ1n) is 10.5. The van der Waals surface area contributed by atoms with E-state index in [2.05, 4.69) is 9.97 Å². The van der Waals surface area contributed by atoms with Crippen molar-refractivity contribution in [3.8, 4) is 28.3 Å². The average molecular weight is 436 g/mol. The van der Waals surface area contributed by atoms with Crippen LogP contribution in [-0.2, 0) is 6.61 Å². The number of fused-ring (bicyclic) bond motifs is 1. The van der Waals surface area contributed by atoms with Crippen LogP contribution in [0.1, 0.15) is 11.1 Å². The highest BCUT2D eigenvalue weighted by molar-refractivity contribution is 5.80. The van der Waals surface area contributed by atoms with E-state index in [0.29, 0.717) is 22.7 Å². The summed E-state index contributed by atoms with van der Waals surface area (Å²) in [5, 5.41) is 0.856. The number of H-pyrrole nitrogens is 1. The minimum atomic E-state index is -0.406. The van der Waals surface area contributed by atoms with Gasteiger partial charge in [-0.2, -0.15) is 4.98 Å². The summed E-state index contributed by atoms with van der Waals surface area (Å²) in [6, 6.07) is 26.0. The van der Waals surface area contributed by atoms with Gasteiger partial charge in [-0.15, -0.1) is 0 Å². The van der Waals surface area contributed by atoms with Crippen LogP contribution in [-0.4, -0.2) is 9.97 Å². The number of nitrogens with one attached hydrogen (secondary N) is 1. The SMILES string of the molecule is Cc1ccc2oc(=O)cc(COc3ccc(-c4cc(-c5ccccc5)nc(=O)[nH]4)cc3)c2c1. The molecule has 0 aliphatic carbocycles. The van der Waals surface area contributed by atoms with Gasteiger partial charge in [0.25, 0.3) is 0 Å². The van der Waals surface area contributed by atoms with Crippen LogP contribution in [0.4, 0.5) is 0 Å². The summed E-state index contributed by atoms with van der Waals surface area (Å²) < 4.78 is 11.2. The molecule has 6 heteroatoms. The van der Waals surface area contributed by atoms with Crippen molar-refractivity contribution in [2.45, 2.75) is 13.5 Å². The number of rotatable bonds is 5. The highest BCUT2D eigenvalue weighted by Gasteiger charge is 2.09. The molecule has 0 fully saturated rings. The third-order valence-electron chi connectivity index (χ3n) is 5.36. The molecule has 2 aromatic heterocycles. The number of benzene rings is 3. The molecule has 0 aliphatic heterocycles. The summed E-state index contributed by atoms with van der Waals surface area (Å²) in [5.41, 5.74) is 4.55. The lowest BCUT2D eigenvalue weighted by molar-refractivity contribution is 0.306. The Kier molecular flexibility index (Phi) is 5.32. The zero-order valence-corrected chi connectivity index (χ0v) is 17.9.